The number of nitrogens with one attached hydrogen (secondary N) is 1. The molecule has 112 valence electrons. The third-order valence-electron chi connectivity index (χ3n) is 3.09. The molecule has 0 aliphatic heterocycles. The van der Waals surface area contributed by atoms with Gasteiger partial charge in [-0.1, -0.05) is 11.6 Å². The van der Waals surface area contributed by atoms with Gasteiger partial charge in [-0.25, -0.2) is 0 Å². The number of aryl methyl sites for hydroxylation is 1. The van der Waals surface area contributed by atoms with Gasteiger partial charge in [0.15, 0.2) is 0 Å². The zero-order chi connectivity index (χ0) is 15.0. The van der Waals surface area contributed by atoms with Crippen molar-refractivity contribution in [2.45, 2.75) is 6.92 Å². The summed E-state index contributed by atoms with van der Waals surface area (Å²) in [6.45, 7) is 4.10. The highest BCUT2D eigenvalue weighted by atomic mass is 16.5. The van der Waals surface area contributed by atoms with Crippen LogP contribution in [0.25, 0.3) is 0 Å². The number of rotatable bonds is 8. The third kappa shape index (κ3) is 4.51. The normalized spacial score (nSPS) is 10.4. The number of hydrogen-bond donors (Lipinski definition) is 1. The molecule has 20 heavy (non-hydrogen) atoms. The minimum absolute atomic E-state index is 0.00727. The summed E-state index contributed by atoms with van der Waals surface area (Å²) in [5.41, 5.74) is 2.57. The van der Waals surface area contributed by atoms with Crippen LogP contribution in [0.2, 0.25) is 0 Å². The number of ether oxygens (including phenoxy) is 2. The minimum Gasteiger partial charge on any atom is -0.387 e. The lowest BCUT2D eigenvalue weighted by atomic mass is 10.1. The summed E-state index contributed by atoms with van der Waals surface area (Å²) in [4.78, 5) is 14.4. The molecule has 0 unspecified atom stereocenters. The number of anilines is 1. The largest absolute Gasteiger partial charge is 0.387 e. The maximum Gasteiger partial charge on any atom is 0.256 e. The van der Waals surface area contributed by atoms with Crippen molar-refractivity contribution in [3.63, 3.8) is 0 Å². The first-order valence-electron chi connectivity index (χ1n) is 6.69. The number of carbonyl (C=O) groups is 1. The number of amides is 1. The van der Waals surface area contributed by atoms with Crippen molar-refractivity contribution in [2.24, 2.45) is 0 Å². The Labute approximate surface area is 120 Å². The molecule has 0 saturated carbocycles. The Morgan fingerprint density at radius 2 is 1.80 bits per heavy atom. The highest BCUT2D eigenvalue weighted by molar-refractivity contribution is 5.99. The van der Waals surface area contributed by atoms with E-state index in [2.05, 4.69) is 5.32 Å². The molecule has 0 heterocycles. The summed E-state index contributed by atoms with van der Waals surface area (Å²) in [5, 5.41) is 3.06. The molecule has 1 N–H and O–H groups in total. The fraction of sp³-hybridized carbons (Fsp3) is 0.533. The number of carbonyl (C=O) groups excluding carboxylic acids is 1. The Morgan fingerprint density at radius 1 is 1.20 bits per heavy atom. The number of hydrogen-bond acceptors (Lipinski definition) is 4. The van der Waals surface area contributed by atoms with Gasteiger partial charge in [0.25, 0.3) is 5.91 Å². The predicted molar refractivity (Wildman–Crippen MR) is 80.4 cm³/mol. The van der Waals surface area contributed by atoms with E-state index in [-0.39, 0.29) is 5.91 Å². The monoisotopic (exact) mass is 280 g/mol. The molecule has 0 fully saturated rings. The maximum atomic E-state index is 12.7. The van der Waals surface area contributed by atoms with Gasteiger partial charge in [-0.15, -0.1) is 0 Å². The Hall–Kier alpha value is -1.59. The van der Waals surface area contributed by atoms with E-state index >= 15 is 0 Å². The van der Waals surface area contributed by atoms with Crippen LogP contribution in [0.1, 0.15) is 15.9 Å². The van der Waals surface area contributed by atoms with E-state index in [9.17, 15) is 4.79 Å². The van der Waals surface area contributed by atoms with Crippen molar-refractivity contribution in [1.29, 1.82) is 0 Å². The van der Waals surface area contributed by atoms with E-state index in [0.29, 0.717) is 31.9 Å². The standard InChI is InChI=1S/C15H24N2O3/c1-12-5-6-14(16-2)13(11-12)15(18)17(7-9-19-3)8-10-20-4/h5-6,11,16H,7-10H2,1-4H3. The van der Waals surface area contributed by atoms with Crippen LogP contribution in [-0.4, -0.2) is 58.4 Å². The van der Waals surface area contributed by atoms with E-state index in [1.165, 1.54) is 0 Å². The molecule has 0 aliphatic rings. The average Bonchev–Trinajstić information content (AvgIpc) is 2.46. The summed E-state index contributed by atoms with van der Waals surface area (Å²) >= 11 is 0. The number of methoxy groups -OCH3 is 2. The van der Waals surface area contributed by atoms with Crippen LogP contribution in [-0.2, 0) is 9.47 Å². The average molecular weight is 280 g/mol. The SMILES string of the molecule is CNc1ccc(C)cc1C(=O)N(CCOC)CCOC. The second-order valence-corrected chi connectivity index (χ2v) is 4.58. The molecule has 0 aromatic heterocycles. The van der Waals surface area contributed by atoms with Crippen molar-refractivity contribution >= 4 is 11.6 Å². The van der Waals surface area contributed by atoms with Crippen molar-refractivity contribution < 1.29 is 14.3 Å². The van der Waals surface area contributed by atoms with Crippen molar-refractivity contribution in [2.75, 3.05) is 52.9 Å². The lowest BCUT2D eigenvalue weighted by Gasteiger charge is -2.23. The Kier molecular flexibility index (Phi) is 7.04. The topological polar surface area (TPSA) is 50.8 Å². The Balaban J connectivity index is 2.94. The van der Waals surface area contributed by atoms with Gasteiger partial charge in [-0.3, -0.25) is 4.79 Å². The van der Waals surface area contributed by atoms with Gasteiger partial charge >= 0.3 is 0 Å². The van der Waals surface area contributed by atoms with Crippen LogP contribution in [0.3, 0.4) is 0 Å². The molecule has 5 nitrogen and oxygen atoms in total. The van der Waals surface area contributed by atoms with Gasteiger partial charge < -0.3 is 19.7 Å². The number of benzene rings is 1. The predicted octanol–water partition coefficient (Wildman–Crippen LogP) is 1.77. The minimum atomic E-state index is -0.00727. The van der Waals surface area contributed by atoms with E-state index in [0.717, 1.165) is 11.3 Å². The maximum absolute atomic E-state index is 12.7. The second-order valence-electron chi connectivity index (χ2n) is 4.58. The zero-order valence-corrected chi connectivity index (χ0v) is 12.7. The fourth-order valence-electron chi connectivity index (χ4n) is 1.94. The summed E-state index contributed by atoms with van der Waals surface area (Å²) in [7, 11) is 5.07. The van der Waals surface area contributed by atoms with Crippen LogP contribution in [0.15, 0.2) is 18.2 Å². The fourth-order valence-corrected chi connectivity index (χ4v) is 1.94. The molecule has 1 aromatic rings. The lowest BCUT2D eigenvalue weighted by molar-refractivity contribution is 0.0628. The quantitative estimate of drug-likeness (QED) is 0.788. The Bertz CT molecular complexity index is 427. The van der Waals surface area contributed by atoms with Crippen molar-refractivity contribution in [3.05, 3.63) is 29.3 Å². The van der Waals surface area contributed by atoms with E-state index in [1.54, 1.807) is 19.1 Å². The van der Waals surface area contributed by atoms with Crippen LogP contribution in [0.5, 0.6) is 0 Å². The van der Waals surface area contributed by atoms with Gasteiger partial charge in [-0.05, 0) is 19.1 Å². The first-order valence-corrected chi connectivity index (χ1v) is 6.69. The van der Waals surface area contributed by atoms with Gasteiger partial charge in [0.1, 0.15) is 0 Å². The smallest absolute Gasteiger partial charge is 0.256 e. The lowest BCUT2D eigenvalue weighted by Crippen LogP contribution is -2.36. The summed E-state index contributed by atoms with van der Waals surface area (Å²) in [6.07, 6.45) is 0. The molecule has 0 saturated heterocycles. The van der Waals surface area contributed by atoms with Crippen molar-refractivity contribution in [3.8, 4) is 0 Å². The van der Waals surface area contributed by atoms with Crippen molar-refractivity contribution in [1.82, 2.24) is 4.90 Å². The molecule has 0 bridgehead atoms. The Morgan fingerprint density at radius 3 is 2.30 bits per heavy atom. The number of nitrogens with zero attached hydrogens (tertiary/aromatic N) is 1. The molecule has 1 amide bonds. The second kappa shape index (κ2) is 8.55. The molecule has 0 atom stereocenters. The molecule has 0 radical (unpaired) electrons. The zero-order valence-electron chi connectivity index (χ0n) is 12.7. The summed E-state index contributed by atoms with van der Waals surface area (Å²) < 4.78 is 10.1. The first kappa shape index (κ1) is 16.5. The molecular formula is C15H24N2O3. The third-order valence-corrected chi connectivity index (χ3v) is 3.09. The highest BCUT2D eigenvalue weighted by Crippen LogP contribution is 2.19. The van der Waals surface area contributed by atoms with Crippen LogP contribution >= 0.6 is 0 Å². The van der Waals surface area contributed by atoms with Crippen LogP contribution < -0.4 is 5.32 Å². The molecule has 0 aliphatic carbocycles. The van der Waals surface area contributed by atoms with Gasteiger partial charge in [-0.2, -0.15) is 0 Å². The highest BCUT2D eigenvalue weighted by Gasteiger charge is 2.18. The summed E-state index contributed by atoms with van der Waals surface area (Å²) in [6, 6.07) is 5.81. The van der Waals surface area contributed by atoms with E-state index < -0.39 is 0 Å². The van der Waals surface area contributed by atoms with E-state index in [4.69, 9.17) is 9.47 Å². The van der Waals surface area contributed by atoms with Gasteiger partial charge in [0.05, 0.1) is 18.8 Å². The molecule has 1 rings (SSSR count). The van der Waals surface area contributed by atoms with Gasteiger partial charge in [0.2, 0.25) is 0 Å². The van der Waals surface area contributed by atoms with Gasteiger partial charge in [0, 0.05) is 40.0 Å². The van der Waals surface area contributed by atoms with Crippen LogP contribution in [0, 0.1) is 6.92 Å². The molecule has 5 heteroatoms. The molecular weight excluding hydrogens is 256 g/mol. The molecule has 1 aromatic carbocycles. The molecule has 0 spiro atoms. The summed E-state index contributed by atoms with van der Waals surface area (Å²) in [5.74, 6) is -0.00727. The first-order chi connectivity index (χ1) is 9.63. The van der Waals surface area contributed by atoms with E-state index in [1.807, 2.05) is 32.2 Å². The van der Waals surface area contributed by atoms with Crippen LogP contribution in [0.4, 0.5) is 5.69 Å².